The van der Waals surface area contributed by atoms with Crippen molar-refractivity contribution in [2.24, 2.45) is 0 Å². The molecule has 0 radical (unpaired) electrons. The number of aromatic nitrogens is 1. The second kappa shape index (κ2) is 6.40. The van der Waals surface area contributed by atoms with Crippen LogP contribution in [-0.2, 0) is 0 Å². The predicted octanol–water partition coefficient (Wildman–Crippen LogP) is 4.46. The summed E-state index contributed by atoms with van der Waals surface area (Å²) in [6.45, 7) is 3.06. The van der Waals surface area contributed by atoms with Crippen LogP contribution in [0.15, 0.2) is 47.2 Å². The molecule has 0 aliphatic heterocycles. The van der Waals surface area contributed by atoms with Gasteiger partial charge >= 0.3 is 0 Å². The van der Waals surface area contributed by atoms with Gasteiger partial charge in [-0.3, -0.25) is 4.98 Å². The maximum Gasteiger partial charge on any atom is 0.147 e. The van der Waals surface area contributed by atoms with E-state index in [9.17, 15) is 0 Å². The van der Waals surface area contributed by atoms with Crippen molar-refractivity contribution in [2.75, 3.05) is 11.9 Å². The van der Waals surface area contributed by atoms with E-state index >= 15 is 0 Å². The predicted molar refractivity (Wildman–Crippen MR) is 77.2 cm³/mol. The van der Waals surface area contributed by atoms with Gasteiger partial charge in [-0.1, -0.05) is 19.1 Å². The second-order valence-electron chi connectivity index (χ2n) is 3.87. The van der Waals surface area contributed by atoms with Crippen LogP contribution in [0.2, 0.25) is 0 Å². The van der Waals surface area contributed by atoms with Crippen molar-refractivity contribution < 1.29 is 4.74 Å². The monoisotopic (exact) mass is 306 g/mol. The maximum absolute atomic E-state index is 5.78. The molecule has 0 aliphatic rings. The molecule has 1 heterocycles. The van der Waals surface area contributed by atoms with Gasteiger partial charge in [-0.2, -0.15) is 0 Å². The Morgan fingerprint density at radius 2 is 2.11 bits per heavy atom. The first-order chi connectivity index (χ1) is 8.79. The van der Waals surface area contributed by atoms with Gasteiger partial charge in [0.25, 0.3) is 0 Å². The van der Waals surface area contributed by atoms with Crippen molar-refractivity contribution in [1.82, 2.24) is 4.98 Å². The fourth-order valence-corrected chi connectivity index (χ4v) is 1.86. The molecule has 0 unspecified atom stereocenters. The lowest BCUT2D eigenvalue weighted by Crippen LogP contribution is -2.00. The Labute approximate surface area is 115 Å². The number of rotatable bonds is 5. The first-order valence-electron chi connectivity index (χ1n) is 5.91. The third-order valence-electron chi connectivity index (χ3n) is 2.36. The molecule has 1 aromatic carbocycles. The number of anilines is 1. The Morgan fingerprint density at radius 1 is 1.28 bits per heavy atom. The first-order valence-corrected chi connectivity index (χ1v) is 6.70. The zero-order valence-corrected chi connectivity index (χ0v) is 11.8. The first kappa shape index (κ1) is 12.9. The highest BCUT2D eigenvalue weighted by atomic mass is 79.9. The van der Waals surface area contributed by atoms with E-state index in [4.69, 9.17) is 4.74 Å². The highest BCUT2D eigenvalue weighted by Gasteiger charge is 2.02. The molecule has 0 fully saturated rings. The Hall–Kier alpha value is -1.55. The quantitative estimate of drug-likeness (QED) is 0.885. The van der Waals surface area contributed by atoms with E-state index in [1.54, 1.807) is 12.4 Å². The van der Waals surface area contributed by atoms with E-state index in [-0.39, 0.29) is 0 Å². The summed E-state index contributed by atoms with van der Waals surface area (Å²) in [7, 11) is 0. The molecule has 0 aliphatic carbocycles. The van der Waals surface area contributed by atoms with Crippen molar-refractivity contribution in [3.05, 3.63) is 47.2 Å². The number of halogens is 1. The van der Waals surface area contributed by atoms with Crippen molar-refractivity contribution in [2.45, 2.75) is 13.3 Å². The third kappa shape index (κ3) is 3.47. The van der Waals surface area contributed by atoms with Gasteiger partial charge in [0.1, 0.15) is 11.5 Å². The van der Waals surface area contributed by atoms with Crippen LogP contribution in [0.25, 0.3) is 0 Å². The molecule has 0 saturated carbocycles. The molecule has 3 nitrogen and oxygen atoms in total. The Morgan fingerprint density at radius 3 is 2.89 bits per heavy atom. The van der Waals surface area contributed by atoms with Crippen LogP contribution in [0.5, 0.6) is 11.5 Å². The topological polar surface area (TPSA) is 34.2 Å². The number of hydrogen-bond acceptors (Lipinski definition) is 3. The number of nitrogens with one attached hydrogen (secondary N) is 1. The van der Waals surface area contributed by atoms with Gasteiger partial charge in [0.2, 0.25) is 0 Å². The van der Waals surface area contributed by atoms with Crippen molar-refractivity contribution in [3.8, 4) is 11.5 Å². The van der Waals surface area contributed by atoms with Crippen molar-refractivity contribution in [3.63, 3.8) is 0 Å². The van der Waals surface area contributed by atoms with Crippen LogP contribution in [0.4, 0.5) is 5.69 Å². The number of nitrogens with zero attached hydrogens (tertiary/aromatic N) is 1. The lowest BCUT2D eigenvalue weighted by Gasteiger charge is -2.09. The van der Waals surface area contributed by atoms with Crippen molar-refractivity contribution >= 4 is 21.6 Å². The molecular weight excluding hydrogens is 292 g/mol. The molecule has 4 heteroatoms. The van der Waals surface area contributed by atoms with Crippen molar-refractivity contribution in [1.29, 1.82) is 0 Å². The summed E-state index contributed by atoms with van der Waals surface area (Å²) in [6, 6.07) is 9.70. The summed E-state index contributed by atoms with van der Waals surface area (Å²) in [5.41, 5.74) is 0.974. The molecule has 94 valence electrons. The Kier molecular flexibility index (Phi) is 4.59. The molecule has 2 aromatic rings. The van der Waals surface area contributed by atoms with Crippen LogP contribution in [0.1, 0.15) is 13.3 Å². The van der Waals surface area contributed by atoms with Gasteiger partial charge in [-0.25, -0.2) is 0 Å². The zero-order chi connectivity index (χ0) is 12.8. The molecule has 1 N–H and O–H groups in total. The second-order valence-corrected chi connectivity index (χ2v) is 4.72. The van der Waals surface area contributed by atoms with Crippen LogP contribution in [0, 0.1) is 0 Å². The van der Waals surface area contributed by atoms with Gasteiger partial charge in [0.05, 0.1) is 22.6 Å². The van der Waals surface area contributed by atoms with E-state index in [0.717, 1.165) is 34.6 Å². The number of ether oxygens (including phenoxy) is 1. The van der Waals surface area contributed by atoms with Crippen LogP contribution >= 0.6 is 15.9 Å². The minimum Gasteiger partial charge on any atom is -0.454 e. The standard InChI is InChI=1S/C14H15BrN2O/c1-2-7-17-11-8-12(10-16-9-11)18-14-6-4-3-5-13(14)15/h3-6,8-10,17H,2,7H2,1H3. The third-order valence-corrected chi connectivity index (χ3v) is 3.01. The molecule has 18 heavy (non-hydrogen) atoms. The summed E-state index contributed by atoms with van der Waals surface area (Å²) in [5.74, 6) is 1.51. The van der Waals surface area contributed by atoms with Gasteiger partial charge in [0.15, 0.2) is 0 Å². The number of hydrogen-bond donors (Lipinski definition) is 1. The van der Waals surface area contributed by atoms with E-state index < -0.39 is 0 Å². The number of benzene rings is 1. The number of pyridine rings is 1. The summed E-state index contributed by atoms with van der Waals surface area (Å²) >= 11 is 3.45. The molecule has 0 saturated heterocycles. The zero-order valence-electron chi connectivity index (χ0n) is 10.2. The van der Waals surface area contributed by atoms with Crippen LogP contribution in [0.3, 0.4) is 0 Å². The average molecular weight is 307 g/mol. The minimum atomic E-state index is 0.725. The normalized spacial score (nSPS) is 10.1. The summed E-state index contributed by atoms with van der Waals surface area (Å²) < 4.78 is 6.71. The SMILES string of the molecule is CCCNc1cncc(Oc2ccccc2Br)c1. The molecule has 0 spiro atoms. The van der Waals surface area contributed by atoms with E-state index in [1.807, 2.05) is 30.3 Å². The lowest BCUT2D eigenvalue weighted by atomic mass is 10.3. The molecule has 2 rings (SSSR count). The molecule has 1 aromatic heterocycles. The fourth-order valence-electron chi connectivity index (χ4n) is 1.50. The summed E-state index contributed by atoms with van der Waals surface area (Å²) in [5, 5.41) is 3.28. The smallest absolute Gasteiger partial charge is 0.147 e. The maximum atomic E-state index is 5.78. The lowest BCUT2D eigenvalue weighted by molar-refractivity contribution is 0.477. The molecule has 0 amide bonds. The van der Waals surface area contributed by atoms with Gasteiger partial charge in [0, 0.05) is 12.6 Å². The highest BCUT2D eigenvalue weighted by molar-refractivity contribution is 9.10. The number of para-hydroxylation sites is 1. The summed E-state index contributed by atoms with van der Waals surface area (Å²) in [4.78, 5) is 4.16. The largest absolute Gasteiger partial charge is 0.454 e. The van der Waals surface area contributed by atoms with Crippen LogP contribution in [-0.4, -0.2) is 11.5 Å². The van der Waals surface area contributed by atoms with Gasteiger partial charge in [-0.15, -0.1) is 0 Å². The Bertz CT molecular complexity index is 517. The summed E-state index contributed by atoms with van der Waals surface area (Å²) in [6.07, 6.45) is 4.58. The molecule has 0 atom stereocenters. The fraction of sp³-hybridized carbons (Fsp3) is 0.214. The Balaban J connectivity index is 2.12. The molecule has 0 bridgehead atoms. The van der Waals surface area contributed by atoms with E-state index in [1.165, 1.54) is 0 Å². The highest BCUT2D eigenvalue weighted by Crippen LogP contribution is 2.29. The van der Waals surface area contributed by atoms with Crippen LogP contribution < -0.4 is 10.1 Å². The van der Waals surface area contributed by atoms with E-state index in [0.29, 0.717) is 0 Å². The molecular formula is C14H15BrN2O. The van der Waals surface area contributed by atoms with E-state index in [2.05, 4.69) is 33.2 Å². The van der Waals surface area contributed by atoms with Gasteiger partial charge in [-0.05, 0) is 34.5 Å². The van der Waals surface area contributed by atoms with Gasteiger partial charge < -0.3 is 10.1 Å². The average Bonchev–Trinajstić information content (AvgIpc) is 2.40. The minimum absolute atomic E-state index is 0.725.